The van der Waals surface area contributed by atoms with Gasteiger partial charge in [-0.15, -0.1) is 0 Å². The van der Waals surface area contributed by atoms with Gasteiger partial charge in [-0.3, -0.25) is 4.79 Å². The molecule has 0 saturated heterocycles. The van der Waals surface area contributed by atoms with Crippen LogP contribution in [0.5, 0.6) is 0 Å². The summed E-state index contributed by atoms with van der Waals surface area (Å²) < 4.78 is 0. The van der Waals surface area contributed by atoms with Crippen LogP contribution in [-0.4, -0.2) is 23.8 Å². The fourth-order valence-corrected chi connectivity index (χ4v) is 2.91. The molecule has 17 heavy (non-hydrogen) atoms. The van der Waals surface area contributed by atoms with Crippen molar-refractivity contribution in [3.05, 3.63) is 11.3 Å². The van der Waals surface area contributed by atoms with Crippen molar-refractivity contribution in [1.82, 2.24) is 4.90 Å². The third kappa shape index (κ3) is 2.56. The van der Waals surface area contributed by atoms with Gasteiger partial charge in [0.05, 0.1) is 6.04 Å². The van der Waals surface area contributed by atoms with Gasteiger partial charge in [0, 0.05) is 23.7 Å². The van der Waals surface area contributed by atoms with E-state index in [1.807, 2.05) is 0 Å². The van der Waals surface area contributed by atoms with Gasteiger partial charge in [-0.05, 0) is 12.3 Å². The van der Waals surface area contributed by atoms with Crippen molar-refractivity contribution in [2.75, 3.05) is 7.05 Å². The van der Waals surface area contributed by atoms with Gasteiger partial charge in [-0.1, -0.05) is 48.0 Å². The van der Waals surface area contributed by atoms with Crippen molar-refractivity contribution < 1.29 is 4.79 Å². The average molecular weight is 237 g/mol. The van der Waals surface area contributed by atoms with E-state index < -0.39 is 0 Å². The van der Waals surface area contributed by atoms with Gasteiger partial charge >= 0.3 is 0 Å². The van der Waals surface area contributed by atoms with Crippen LogP contribution in [0.3, 0.4) is 0 Å². The van der Waals surface area contributed by atoms with Crippen LogP contribution >= 0.6 is 0 Å². The lowest BCUT2D eigenvalue weighted by molar-refractivity contribution is -0.118. The molecule has 0 fully saturated rings. The smallest absolute Gasteiger partial charge is 0.183 e. The molecule has 1 aliphatic heterocycles. The Hall–Kier alpha value is -0.790. The molecule has 1 unspecified atom stereocenters. The van der Waals surface area contributed by atoms with E-state index in [1.165, 1.54) is 5.70 Å². The van der Waals surface area contributed by atoms with Gasteiger partial charge in [0.2, 0.25) is 0 Å². The predicted octanol–water partition coefficient (Wildman–Crippen LogP) is 3.63. The molecule has 0 aromatic carbocycles. The first kappa shape index (κ1) is 14.3. The van der Waals surface area contributed by atoms with Gasteiger partial charge < -0.3 is 4.90 Å². The molecule has 1 rings (SSSR count). The highest BCUT2D eigenvalue weighted by atomic mass is 16.1. The minimum absolute atomic E-state index is 0.0481. The number of nitrogens with zero attached hydrogens (tertiary/aromatic N) is 1. The third-order valence-corrected chi connectivity index (χ3v) is 3.49. The lowest BCUT2D eigenvalue weighted by Gasteiger charge is -2.32. The minimum Gasteiger partial charge on any atom is -0.367 e. The Kier molecular flexibility index (Phi) is 4.06. The Balaban J connectivity index is 3.22. The fourth-order valence-electron chi connectivity index (χ4n) is 2.91. The monoisotopic (exact) mass is 237 g/mol. The van der Waals surface area contributed by atoms with Crippen molar-refractivity contribution in [3.8, 4) is 0 Å². The number of carbonyl (C=O) groups is 1. The molecule has 2 heteroatoms. The second-order valence-corrected chi connectivity index (χ2v) is 6.45. The van der Waals surface area contributed by atoms with E-state index in [0.29, 0.717) is 11.7 Å². The van der Waals surface area contributed by atoms with Crippen LogP contribution in [0.1, 0.15) is 54.4 Å². The number of hydrogen-bond donors (Lipinski definition) is 0. The first-order chi connectivity index (χ1) is 7.71. The molecule has 0 saturated carbocycles. The second-order valence-electron chi connectivity index (χ2n) is 6.45. The largest absolute Gasteiger partial charge is 0.367 e. The van der Waals surface area contributed by atoms with E-state index in [0.717, 1.165) is 18.4 Å². The Morgan fingerprint density at radius 3 is 2.12 bits per heavy atom. The summed E-state index contributed by atoms with van der Waals surface area (Å²) in [5.41, 5.74) is 2.35. The molecule has 2 nitrogen and oxygen atoms in total. The SMILES string of the molecule is CCCC1C(=O)C(C(C)C)=C(C(C)(C)C)N1C. The van der Waals surface area contributed by atoms with E-state index in [-0.39, 0.29) is 11.5 Å². The van der Waals surface area contributed by atoms with E-state index in [4.69, 9.17) is 0 Å². The second kappa shape index (κ2) is 4.83. The zero-order valence-electron chi connectivity index (χ0n) is 12.4. The van der Waals surface area contributed by atoms with Crippen LogP contribution in [0.25, 0.3) is 0 Å². The summed E-state index contributed by atoms with van der Waals surface area (Å²) in [4.78, 5) is 14.7. The molecule has 1 aliphatic rings. The molecule has 0 aromatic rings. The van der Waals surface area contributed by atoms with Gasteiger partial charge in [0.15, 0.2) is 5.78 Å². The van der Waals surface area contributed by atoms with E-state index in [1.54, 1.807) is 0 Å². The first-order valence-electron chi connectivity index (χ1n) is 6.73. The summed E-state index contributed by atoms with van der Waals surface area (Å²) in [6.45, 7) is 13.0. The number of hydrogen-bond acceptors (Lipinski definition) is 2. The molecule has 0 amide bonds. The number of allylic oxidation sites excluding steroid dienone is 1. The van der Waals surface area contributed by atoms with Crippen LogP contribution < -0.4 is 0 Å². The van der Waals surface area contributed by atoms with E-state index in [9.17, 15) is 4.79 Å². The van der Waals surface area contributed by atoms with Gasteiger partial charge in [-0.2, -0.15) is 0 Å². The van der Waals surface area contributed by atoms with Crippen molar-refractivity contribution in [3.63, 3.8) is 0 Å². The predicted molar refractivity (Wildman–Crippen MR) is 72.8 cm³/mol. The lowest BCUT2D eigenvalue weighted by Crippen LogP contribution is -2.34. The molecule has 0 aromatic heterocycles. The standard InChI is InChI=1S/C15H27NO/c1-8-9-11-13(17)12(10(2)3)14(16(11)7)15(4,5)6/h10-11H,8-9H2,1-7H3. The first-order valence-corrected chi connectivity index (χ1v) is 6.73. The maximum absolute atomic E-state index is 12.5. The number of Topliss-reactive ketones (excluding diaryl/α,β-unsaturated/α-hetero) is 1. The van der Waals surface area contributed by atoms with Crippen LogP contribution in [0.2, 0.25) is 0 Å². The van der Waals surface area contributed by atoms with Gasteiger partial charge in [0.1, 0.15) is 0 Å². The maximum atomic E-state index is 12.5. The molecule has 1 heterocycles. The quantitative estimate of drug-likeness (QED) is 0.747. The normalized spacial score (nSPS) is 22.0. The Labute approximate surface area is 106 Å². The zero-order chi connectivity index (χ0) is 13.4. The topological polar surface area (TPSA) is 20.3 Å². The van der Waals surface area contributed by atoms with E-state index >= 15 is 0 Å². The summed E-state index contributed by atoms with van der Waals surface area (Å²) >= 11 is 0. The van der Waals surface area contributed by atoms with Crippen LogP contribution in [0.15, 0.2) is 11.3 Å². The third-order valence-electron chi connectivity index (χ3n) is 3.49. The molecule has 0 radical (unpaired) electrons. The lowest BCUT2D eigenvalue weighted by atomic mass is 9.85. The summed E-state index contributed by atoms with van der Waals surface area (Å²) in [6, 6.07) is 0.0756. The van der Waals surface area contributed by atoms with Crippen LogP contribution in [0, 0.1) is 11.3 Å². The minimum atomic E-state index is 0.0481. The van der Waals surface area contributed by atoms with Crippen LogP contribution in [0.4, 0.5) is 0 Å². The average Bonchev–Trinajstić information content (AvgIpc) is 2.41. The molecule has 0 aliphatic carbocycles. The summed E-state index contributed by atoms with van der Waals surface area (Å²) in [5, 5.41) is 0. The fraction of sp³-hybridized carbons (Fsp3) is 0.800. The number of likely N-dealkylation sites (N-methyl/N-ethyl adjacent to an activating group) is 1. The summed E-state index contributed by atoms with van der Waals surface area (Å²) in [7, 11) is 2.08. The van der Waals surface area contributed by atoms with Gasteiger partial charge in [0.25, 0.3) is 0 Å². The van der Waals surface area contributed by atoms with Crippen molar-refractivity contribution >= 4 is 5.78 Å². The van der Waals surface area contributed by atoms with Crippen LogP contribution in [-0.2, 0) is 4.79 Å². The van der Waals surface area contributed by atoms with E-state index in [2.05, 4.69) is 53.5 Å². The Morgan fingerprint density at radius 2 is 1.82 bits per heavy atom. The zero-order valence-corrected chi connectivity index (χ0v) is 12.4. The van der Waals surface area contributed by atoms with Crippen molar-refractivity contribution in [1.29, 1.82) is 0 Å². The number of ketones is 1. The highest BCUT2D eigenvalue weighted by Crippen LogP contribution is 2.40. The number of carbonyl (C=O) groups excluding carboxylic acids is 1. The van der Waals surface area contributed by atoms with Crippen molar-refractivity contribution in [2.45, 2.75) is 60.4 Å². The Bertz CT molecular complexity index is 333. The maximum Gasteiger partial charge on any atom is 0.183 e. The molecule has 0 bridgehead atoms. The highest BCUT2D eigenvalue weighted by Gasteiger charge is 2.41. The molecule has 98 valence electrons. The summed E-state index contributed by atoms with van der Waals surface area (Å²) in [6.07, 6.45) is 2.02. The molecular weight excluding hydrogens is 210 g/mol. The molecule has 0 spiro atoms. The summed E-state index contributed by atoms with van der Waals surface area (Å²) in [5.74, 6) is 0.676. The molecular formula is C15H27NO. The Morgan fingerprint density at radius 1 is 1.29 bits per heavy atom. The van der Waals surface area contributed by atoms with Crippen molar-refractivity contribution in [2.24, 2.45) is 11.3 Å². The molecule has 1 atom stereocenters. The molecule has 0 N–H and O–H groups in total. The highest BCUT2D eigenvalue weighted by molar-refractivity contribution is 6.03. The number of rotatable bonds is 3. The van der Waals surface area contributed by atoms with Gasteiger partial charge in [-0.25, -0.2) is 0 Å².